The summed E-state index contributed by atoms with van der Waals surface area (Å²) >= 11 is 8.99. The summed E-state index contributed by atoms with van der Waals surface area (Å²) in [5.74, 6) is -1.24. The van der Waals surface area contributed by atoms with Gasteiger partial charge in [0.1, 0.15) is 5.15 Å². The maximum absolute atomic E-state index is 10.6. The first-order chi connectivity index (χ1) is 6.50. The van der Waals surface area contributed by atoms with Crippen molar-refractivity contribution in [3.8, 4) is 0 Å². The number of carboxylic acid groups (broad SMARTS) is 1. The molecule has 5 heteroatoms. The summed E-state index contributed by atoms with van der Waals surface area (Å²) in [6.45, 7) is 1.66. The Morgan fingerprint density at radius 1 is 1.79 bits per heavy atom. The third kappa shape index (κ3) is 2.96. The summed E-state index contributed by atoms with van der Waals surface area (Å²) in [6.07, 6.45) is 2.02. The standard InChI is InChI=1S/C9H9BrClNO2/c1-5(9(13)14)2-6-3-8(11)12-4-7(6)10/h3-5H,2H2,1H3,(H,13,14). The van der Waals surface area contributed by atoms with Crippen LogP contribution in [0.15, 0.2) is 16.7 Å². The number of hydrogen-bond acceptors (Lipinski definition) is 2. The Morgan fingerprint density at radius 3 is 3.00 bits per heavy atom. The lowest BCUT2D eigenvalue weighted by molar-refractivity contribution is -0.141. The third-order valence-corrected chi connectivity index (χ3v) is 2.77. The van der Waals surface area contributed by atoms with Gasteiger partial charge in [0.25, 0.3) is 0 Å². The van der Waals surface area contributed by atoms with Gasteiger partial charge >= 0.3 is 5.97 Å². The Kier molecular flexibility index (Phi) is 3.89. The van der Waals surface area contributed by atoms with Crippen LogP contribution in [0.2, 0.25) is 5.15 Å². The minimum absolute atomic E-state index is 0.376. The van der Waals surface area contributed by atoms with Gasteiger partial charge in [-0.2, -0.15) is 0 Å². The fourth-order valence-corrected chi connectivity index (χ4v) is 1.58. The summed E-state index contributed by atoms with van der Waals surface area (Å²) < 4.78 is 0.787. The van der Waals surface area contributed by atoms with Crippen molar-refractivity contribution < 1.29 is 9.90 Å². The average molecular weight is 279 g/mol. The molecule has 1 N–H and O–H groups in total. The minimum Gasteiger partial charge on any atom is -0.481 e. The van der Waals surface area contributed by atoms with Crippen LogP contribution in [0.3, 0.4) is 0 Å². The Hall–Kier alpha value is -0.610. The van der Waals surface area contributed by atoms with Gasteiger partial charge in [-0.1, -0.05) is 18.5 Å². The first kappa shape index (κ1) is 11.5. The molecule has 0 aliphatic carbocycles. The highest BCUT2D eigenvalue weighted by Crippen LogP contribution is 2.21. The first-order valence-corrected chi connectivity index (χ1v) is 5.20. The molecule has 76 valence electrons. The van der Waals surface area contributed by atoms with E-state index in [0.717, 1.165) is 10.0 Å². The van der Waals surface area contributed by atoms with Crippen LogP contribution in [-0.2, 0) is 11.2 Å². The third-order valence-electron chi connectivity index (χ3n) is 1.85. The smallest absolute Gasteiger partial charge is 0.306 e. The van der Waals surface area contributed by atoms with Gasteiger partial charge in [0, 0.05) is 10.7 Å². The molecule has 1 unspecified atom stereocenters. The lowest BCUT2D eigenvalue weighted by Gasteiger charge is -2.07. The number of aliphatic carboxylic acids is 1. The van der Waals surface area contributed by atoms with E-state index in [4.69, 9.17) is 16.7 Å². The quantitative estimate of drug-likeness (QED) is 0.865. The zero-order valence-electron chi connectivity index (χ0n) is 7.50. The maximum Gasteiger partial charge on any atom is 0.306 e. The van der Waals surface area contributed by atoms with Gasteiger partial charge in [0.2, 0.25) is 0 Å². The van der Waals surface area contributed by atoms with Crippen molar-refractivity contribution in [3.63, 3.8) is 0 Å². The number of halogens is 2. The first-order valence-electron chi connectivity index (χ1n) is 4.03. The largest absolute Gasteiger partial charge is 0.481 e. The second kappa shape index (κ2) is 4.75. The molecule has 0 amide bonds. The van der Waals surface area contributed by atoms with Gasteiger partial charge in [0.05, 0.1) is 5.92 Å². The van der Waals surface area contributed by atoms with Crippen molar-refractivity contribution in [2.75, 3.05) is 0 Å². The fourth-order valence-electron chi connectivity index (χ4n) is 1.02. The Labute approximate surface area is 95.2 Å². The van der Waals surface area contributed by atoms with Crippen molar-refractivity contribution in [1.29, 1.82) is 0 Å². The van der Waals surface area contributed by atoms with Gasteiger partial charge < -0.3 is 5.11 Å². The molecule has 0 saturated carbocycles. The molecule has 1 atom stereocenters. The molecule has 3 nitrogen and oxygen atoms in total. The maximum atomic E-state index is 10.6. The van der Waals surface area contributed by atoms with E-state index in [1.54, 1.807) is 19.2 Å². The average Bonchev–Trinajstić information content (AvgIpc) is 2.11. The van der Waals surface area contributed by atoms with Gasteiger partial charge in [-0.05, 0) is 34.0 Å². The lowest BCUT2D eigenvalue weighted by atomic mass is 10.0. The molecule has 0 bridgehead atoms. The van der Waals surface area contributed by atoms with E-state index in [2.05, 4.69) is 20.9 Å². The monoisotopic (exact) mass is 277 g/mol. The van der Waals surface area contributed by atoms with E-state index in [1.807, 2.05) is 0 Å². The van der Waals surface area contributed by atoms with Crippen LogP contribution in [0.4, 0.5) is 0 Å². The molecular weight excluding hydrogens is 269 g/mol. The lowest BCUT2D eigenvalue weighted by Crippen LogP contribution is -2.12. The molecule has 0 aliphatic heterocycles. The molecule has 1 heterocycles. The molecule has 0 spiro atoms. The highest BCUT2D eigenvalue weighted by atomic mass is 79.9. The van der Waals surface area contributed by atoms with E-state index < -0.39 is 11.9 Å². The van der Waals surface area contributed by atoms with Crippen molar-refractivity contribution in [3.05, 3.63) is 27.5 Å². The van der Waals surface area contributed by atoms with Crippen LogP contribution in [0, 0.1) is 5.92 Å². The Balaban J connectivity index is 2.85. The van der Waals surface area contributed by atoms with E-state index in [9.17, 15) is 4.79 Å². The number of pyridine rings is 1. The van der Waals surface area contributed by atoms with Crippen LogP contribution in [0.25, 0.3) is 0 Å². The van der Waals surface area contributed by atoms with Gasteiger partial charge in [0.15, 0.2) is 0 Å². The fraction of sp³-hybridized carbons (Fsp3) is 0.333. The van der Waals surface area contributed by atoms with Gasteiger partial charge in [-0.3, -0.25) is 4.79 Å². The van der Waals surface area contributed by atoms with E-state index in [-0.39, 0.29) is 0 Å². The molecule has 0 fully saturated rings. The van der Waals surface area contributed by atoms with Crippen molar-refractivity contribution in [1.82, 2.24) is 4.98 Å². The summed E-state index contributed by atoms with van der Waals surface area (Å²) in [7, 11) is 0. The molecule has 0 aromatic carbocycles. The number of carboxylic acids is 1. The number of rotatable bonds is 3. The van der Waals surface area contributed by atoms with E-state index in [1.165, 1.54) is 0 Å². The van der Waals surface area contributed by atoms with Gasteiger partial charge in [-0.15, -0.1) is 0 Å². The summed E-state index contributed by atoms with van der Waals surface area (Å²) in [5, 5.41) is 9.12. The second-order valence-corrected chi connectivity index (χ2v) is 4.28. The number of nitrogens with zero attached hydrogens (tertiary/aromatic N) is 1. The van der Waals surface area contributed by atoms with Crippen LogP contribution in [-0.4, -0.2) is 16.1 Å². The summed E-state index contributed by atoms with van der Waals surface area (Å²) in [6, 6.07) is 1.67. The Bertz CT molecular complexity index is 357. The van der Waals surface area contributed by atoms with Crippen LogP contribution in [0.5, 0.6) is 0 Å². The molecule has 1 aromatic heterocycles. The zero-order valence-corrected chi connectivity index (χ0v) is 9.84. The summed E-state index contributed by atoms with van der Waals surface area (Å²) in [5.41, 5.74) is 0.861. The predicted molar refractivity (Wildman–Crippen MR) is 57.5 cm³/mol. The molecule has 1 aromatic rings. The number of carbonyl (C=O) groups is 1. The highest BCUT2D eigenvalue weighted by molar-refractivity contribution is 9.10. The zero-order chi connectivity index (χ0) is 10.7. The second-order valence-electron chi connectivity index (χ2n) is 3.04. The van der Waals surface area contributed by atoms with Crippen molar-refractivity contribution in [2.24, 2.45) is 5.92 Å². The SMILES string of the molecule is CC(Cc1cc(Cl)ncc1Br)C(=O)O. The molecular formula is C9H9BrClNO2. The number of hydrogen-bond donors (Lipinski definition) is 1. The molecule has 14 heavy (non-hydrogen) atoms. The van der Waals surface area contributed by atoms with Crippen molar-refractivity contribution in [2.45, 2.75) is 13.3 Å². The molecule has 0 saturated heterocycles. The van der Waals surface area contributed by atoms with Crippen LogP contribution < -0.4 is 0 Å². The molecule has 0 radical (unpaired) electrons. The van der Waals surface area contributed by atoms with Crippen LogP contribution >= 0.6 is 27.5 Å². The van der Waals surface area contributed by atoms with Crippen molar-refractivity contribution >= 4 is 33.5 Å². The predicted octanol–water partition coefficient (Wildman–Crippen LogP) is 2.76. The van der Waals surface area contributed by atoms with Gasteiger partial charge in [-0.25, -0.2) is 4.98 Å². The Morgan fingerprint density at radius 2 is 2.43 bits per heavy atom. The topological polar surface area (TPSA) is 50.2 Å². The van der Waals surface area contributed by atoms with E-state index in [0.29, 0.717) is 11.6 Å². The molecule has 1 rings (SSSR count). The summed E-state index contributed by atoms with van der Waals surface area (Å²) in [4.78, 5) is 14.5. The van der Waals surface area contributed by atoms with E-state index >= 15 is 0 Å². The normalized spacial score (nSPS) is 12.5. The minimum atomic E-state index is -0.815. The number of aromatic nitrogens is 1. The molecule has 0 aliphatic rings. The highest BCUT2D eigenvalue weighted by Gasteiger charge is 2.13. The van der Waals surface area contributed by atoms with Crippen LogP contribution in [0.1, 0.15) is 12.5 Å².